The molecule has 0 amide bonds. The summed E-state index contributed by atoms with van der Waals surface area (Å²) in [5.41, 5.74) is 2.17. The van der Waals surface area contributed by atoms with Gasteiger partial charge >= 0.3 is 0 Å². The van der Waals surface area contributed by atoms with Crippen LogP contribution in [0.25, 0.3) is 5.57 Å². The zero-order chi connectivity index (χ0) is 11.6. The largest absolute Gasteiger partial charge is 0.373 e. The van der Waals surface area contributed by atoms with Gasteiger partial charge in [-0.2, -0.15) is 0 Å². The van der Waals surface area contributed by atoms with E-state index in [1.54, 1.807) is 13.2 Å². The summed E-state index contributed by atoms with van der Waals surface area (Å²) < 4.78 is 4.12. The van der Waals surface area contributed by atoms with Crippen molar-refractivity contribution in [3.05, 3.63) is 54.1 Å². The van der Waals surface area contributed by atoms with E-state index in [0.29, 0.717) is 0 Å². The highest BCUT2D eigenvalue weighted by molar-refractivity contribution is 9.10. The minimum absolute atomic E-state index is 0.382. The maximum absolute atomic E-state index is 9.96. The summed E-state index contributed by atoms with van der Waals surface area (Å²) in [6.07, 6.45) is 5.11. The lowest BCUT2D eigenvalue weighted by atomic mass is 9.96. The van der Waals surface area contributed by atoms with Crippen LogP contribution in [0.3, 0.4) is 0 Å². The Morgan fingerprint density at radius 1 is 1.31 bits per heavy atom. The van der Waals surface area contributed by atoms with Gasteiger partial charge in [0.1, 0.15) is 6.10 Å². The second kappa shape index (κ2) is 4.53. The van der Waals surface area contributed by atoms with Crippen molar-refractivity contribution >= 4 is 21.5 Å². The minimum Gasteiger partial charge on any atom is -0.373 e. The number of rotatable bonds is 2. The molecule has 0 saturated heterocycles. The molecule has 2 atom stereocenters. The van der Waals surface area contributed by atoms with Gasteiger partial charge in [-0.05, 0) is 39.2 Å². The Hall–Kier alpha value is -0.900. The van der Waals surface area contributed by atoms with Crippen LogP contribution < -0.4 is 0 Å². The average Bonchev–Trinajstić information content (AvgIpc) is 2.30. The van der Waals surface area contributed by atoms with E-state index in [0.717, 1.165) is 11.1 Å². The molecule has 0 saturated carbocycles. The molecular weight excluding hydrogens is 268 g/mol. The van der Waals surface area contributed by atoms with Gasteiger partial charge in [0.25, 0.3) is 0 Å². The number of aliphatic hydroxyl groups is 1. The van der Waals surface area contributed by atoms with Crippen molar-refractivity contribution in [1.82, 2.24) is 0 Å². The van der Waals surface area contributed by atoms with Crippen molar-refractivity contribution in [3.8, 4) is 0 Å². The first-order valence-corrected chi connectivity index (χ1v) is 5.83. The Kier molecular flexibility index (Phi) is 3.28. The third kappa shape index (κ3) is 2.26. The standard InChI is InChI=1S/C13H13BrO2/c1-16-12-9-11(7-8-13(12,14)15)10-5-3-2-4-6-10/h2-9,12,15H,1H3. The van der Waals surface area contributed by atoms with Crippen LogP contribution in [0.15, 0.2) is 48.6 Å². The Balaban J connectivity index is 2.33. The quantitative estimate of drug-likeness (QED) is 0.845. The monoisotopic (exact) mass is 280 g/mol. The lowest BCUT2D eigenvalue weighted by Gasteiger charge is -2.28. The van der Waals surface area contributed by atoms with Gasteiger partial charge < -0.3 is 9.84 Å². The van der Waals surface area contributed by atoms with Crippen LogP contribution in [-0.2, 0) is 4.74 Å². The summed E-state index contributed by atoms with van der Waals surface area (Å²) in [5.74, 6) is 0. The lowest BCUT2D eigenvalue weighted by Crippen LogP contribution is -2.35. The maximum Gasteiger partial charge on any atom is 0.168 e. The molecule has 0 radical (unpaired) electrons. The smallest absolute Gasteiger partial charge is 0.168 e. The molecule has 2 rings (SSSR count). The number of alkyl halides is 1. The van der Waals surface area contributed by atoms with Crippen molar-refractivity contribution in [2.75, 3.05) is 7.11 Å². The second-order valence-corrected chi connectivity index (χ2v) is 4.98. The Morgan fingerprint density at radius 3 is 2.62 bits per heavy atom. The van der Waals surface area contributed by atoms with Gasteiger partial charge in [0.15, 0.2) is 4.51 Å². The lowest BCUT2D eigenvalue weighted by molar-refractivity contribution is 0.0255. The first-order chi connectivity index (χ1) is 7.63. The normalized spacial score (nSPS) is 28.9. The van der Waals surface area contributed by atoms with Gasteiger partial charge in [0, 0.05) is 7.11 Å². The summed E-state index contributed by atoms with van der Waals surface area (Å²) in [7, 11) is 1.58. The molecule has 16 heavy (non-hydrogen) atoms. The molecule has 3 heteroatoms. The molecule has 1 N–H and O–H groups in total. The Labute approximate surface area is 103 Å². The van der Waals surface area contributed by atoms with E-state index in [4.69, 9.17) is 4.74 Å². The fraction of sp³-hybridized carbons (Fsp3) is 0.231. The van der Waals surface area contributed by atoms with E-state index < -0.39 is 4.51 Å². The maximum atomic E-state index is 9.96. The van der Waals surface area contributed by atoms with E-state index >= 15 is 0 Å². The Morgan fingerprint density at radius 2 is 2.00 bits per heavy atom. The van der Waals surface area contributed by atoms with Crippen LogP contribution >= 0.6 is 15.9 Å². The van der Waals surface area contributed by atoms with Gasteiger partial charge in [-0.1, -0.05) is 36.4 Å². The molecule has 1 aliphatic rings. The van der Waals surface area contributed by atoms with Gasteiger partial charge in [0.2, 0.25) is 0 Å². The van der Waals surface area contributed by atoms with E-state index in [2.05, 4.69) is 15.9 Å². The first-order valence-electron chi connectivity index (χ1n) is 5.04. The number of hydrogen-bond acceptors (Lipinski definition) is 2. The van der Waals surface area contributed by atoms with Crippen LogP contribution in [0.4, 0.5) is 0 Å². The van der Waals surface area contributed by atoms with E-state index in [1.165, 1.54) is 0 Å². The highest BCUT2D eigenvalue weighted by Crippen LogP contribution is 2.32. The number of allylic oxidation sites excluding steroid dienone is 2. The molecule has 0 aromatic heterocycles. The number of benzene rings is 1. The predicted molar refractivity (Wildman–Crippen MR) is 68.2 cm³/mol. The molecule has 0 bridgehead atoms. The second-order valence-electron chi connectivity index (χ2n) is 3.71. The van der Waals surface area contributed by atoms with Gasteiger partial charge in [-0.25, -0.2) is 0 Å². The van der Waals surface area contributed by atoms with E-state index in [1.807, 2.05) is 42.5 Å². The fourth-order valence-electron chi connectivity index (χ4n) is 1.69. The van der Waals surface area contributed by atoms with Crippen molar-refractivity contribution in [3.63, 3.8) is 0 Å². The van der Waals surface area contributed by atoms with Crippen molar-refractivity contribution < 1.29 is 9.84 Å². The van der Waals surface area contributed by atoms with Crippen LogP contribution in [0.5, 0.6) is 0 Å². The Bertz CT molecular complexity index is 421. The summed E-state index contributed by atoms with van der Waals surface area (Å²) in [6.45, 7) is 0. The SMILES string of the molecule is COC1C=C(c2ccccc2)C=CC1(O)Br. The number of methoxy groups -OCH3 is 1. The highest BCUT2D eigenvalue weighted by Gasteiger charge is 2.32. The molecule has 2 nitrogen and oxygen atoms in total. The molecule has 0 spiro atoms. The summed E-state index contributed by atoms with van der Waals surface area (Å²) in [5, 5.41) is 9.96. The van der Waals surface area contributed by atoms with Gasteiger partial charge in [0.05, 0.1) is 0 Å². The highest BCUT2D eigenvalue weighted by atomic mass is 79.9. The summed E-state index contributed by atoms with van der Waals surface area (Å²) in [6, 6.07) is 10.0. The summed E-state index contributed by atoms with van der Waals surface area (Å²) >= 11 is 3.22. The molecule has 2 unspecified atom stereocenters. The van der Waals surface area contributed by atoms with Crippen molar-refractivity contribution in [1.29, 1.82) is 0 Å². The number of ether oxygens (including phenoxy) is 1. The molecule has 0 fully saturated rings. The zero-order valence-corrected chi connectivity index (χ0v) is 10.5. The minimum atomic E-state index is -1.11. The van der Waals surface area contributed by atoms with Crippen LogP contribution in [0.2, 0.25) is 0 Å². The van der Waals surface area contributed by atoms with Crippen LogP contribution in [-0.4, -0.2) is 22.8 Å². The first kappa shape index (κ1) is 11.6. The van der Waals surface area contributed by atoms with Crippen molar-refractivity contribution in [2.45, 2.75) is 10.6 Å². The van der Waals surface area contributed by atoms with Gasteiger partial charge in [-0.15, -0.1) is 0 Å². The van der Waals surface area contributed by atoms with E-state index in [9.17, 15) is 5.11 Å². The zero-order valence-electron chi connectivity index (χ0n) is 8.93. The van der Waals surface area contributed by atoms with Crippen LogP contribution in [0, 0.1) is 0 Å². The molecule has 0 heterocycles. The number of halogens is 1. The predicted octanol–water partition coefficient (Wildman–Crippen LogP) is 2.74. The van der Waals surface area contributed by atoms with E-state index in [-0.39, 0.29) is 6.10 Å². The topological polar surface area (TPSA) is 29.5 Å². The van der Waals surface area contributed by atoms with Gasteiger partial charge in [-0.3, -0.25) is 0 Å². The van der Waals surface area contributed by atoms with Crippen molar-refractivity contribution in [2.24, 2.45) is 0 Å². The molecule has 1 aromatic carbocycles. The van der Waals surface area contributed by atoms with Crippen LogP contribution in [0.1, 0.15) is 5.56 Å². The number of hydrogen-bond donors (Lipinski definition) is 1. The molecule has 84 valence electrons. The molecular formula is C13H13BrO2. The molecule has 1 aromatic rings. The summed E-state index contributed by atoms with van der Waals surface area (Å²) in [4.78, 5) is 0. The third-order valence-corrected chi connectivity index (χ3v) is 3.30. The third-order valence-electron chi connectivity index (χ3n) is 2.59. The molecule has 1 aliphatic carbocycles. The molecule has 0 aliphatic heterocycles. The average molecular weight is 281 g/mol. The fourth-order valence-corrected chi connectivity index (χ4v) is 2.14.